The molecule has 5 N–H and O–H groups in total. The Bertz CT molecular complexity index is 2150. The van der Waals surface area contributed by atoms with Gasteiger partial charge in [-0.25, -0.2) is 9.59 Å². The van der Waals surface area contributed by atoms with Crippen molar-refractivity contribution in [3.8, 4) is 11.5 Å². The van der Waals surface area contributed by atoms with Crippen LogP contribution in [0.15, 0.2) is 102 Å². The van der Waals surface area contributed by atoms with Gasteiger partial charge in [-0.15, -0.1) is 0 Å². The molecule has 3 fully saturated rings. The molecule has 8 rings (SSSR count). The molecule has 3 aromatic carbocycles. The number of aliphatic hydroxyl groups excluding tert-OH is 1. The first kappa shape index (κ1) is 38.5. The maximum Gasteiger partial charge on any atom is 0.408 e. The first-order chi connectivity index (χ1) is 27.3. The summed E-state index contributed by atoms with van der Waals surface area (Å²) < 4.78 is 17.5. The van der Waals surface area contributed by atoms with E-state index >= 15 is 0 Å². The summed E-state index contributed by atoms with van der Waals surface area (Å²) in [6.45, 7) is 4.21. The molecule has 5 heterocycles. The molecule has 0 spiro atoms. The lowest BCUT2D eigenvalue weighted by atomic mass is 9.86. The van der Waals surface area contributed by atoms with E-state index in [4.69, 9.17) is 14.2 Å². The van der Waals surface area contributed by atoms with Gasteiger partial charge >= 0.3 is 12.1 Å². The van der Waals surface area contributed by atoms with Crippen LogP contribution in [0.5, 0.6) is 11.5 Å². The van der Waals surface area contributed by atoms with Gasteiger partial charge in [-0.2, -0.15) is 0 Å². The molecule has 2 aromatic heterocycles. The number of carbonyl (C=O) groups is 2. The van der Waals surface area contributed by atoms with Crippen LogP contribution in [0.3, 0.4) is 0 Å². The number of piperidine rings is 3. The monoisotopic (exact) mass is 761 g/mol. The van der Waals surface area contributed by atoms with Gasteiger partial charge in [-0.1, -0.05) is 48.5 Å². The van der Waals surface area contributed by atoms with Crippen molar-refractivity contribution in [3.63, 3.8) is 0 Å². The van der Waals surface area contributed by atoms with Crippen LogP contribution < -0.4 is 20.9 Å². The second-order valence-corrected chi connectivity index (χ2v) is 14.3. The number of phenols is 1. The van der Waals surface area contributed by atoms with Crippen LogP contribution in [-0.2, 0) is 16.1 Å². The molecule has 3 aliphatic heterocycles. The lowest BCUT2D eigenvalue weighted by molar-refractivity contribution is -0.0336. The lowest BCUT2D eigenvalue weighted by Crippen LogP contribution is -2.52. The van der Waals surface area contributed by atoms with Crippen molar-refractivity contribution in [1.29, 1.82) is 0 Å². The number of amides is 1. The Morgan fingerprint density at radius 1 is 0.946 bits per heavy atom. The van der Waals surface area contributed by atoms with Crippen LogP contribution in [-0.4, -0.2) is 82.6 Å². The van der Waals surface area contributed by atoms with Crippen LogP contribution in [0.25, 0.3) is 10.9 Å². The number of alkyl carbamates (subject to hydrolysis) is 1. The van der Waals surface area contributed by atoms with Crippen LogP contribution in [0, 0.1) is 5.92 Å². The molecule has 0 radical (unpaired) electrons. The number of aromatic amines is 1. The minimum atomic E-state index is -0.848. The molecule has 5 aromatic rings. The van der Waals surface area contributed by atoms with Crippen molar-refractivity contribution in [3.05, 3.63) is 135 Å². The quantitative estimate of drug-likeness (QED) is 0.0645. The van der Waals surface area contributed by atoms with Gasteiger partial charge in [0.2, 0.25) is 5.56 Å². The molecular formula is C43H47N5O8. The minimum Gasteiger partial charge on any atom is -0.506 e. The van der Waals surface area contributed by atoms with Crippen molar-refractivity contribution >= 4 is 23.0 Å². The highest BCUT2D eigenvalue weighted by atomic mass is 16.6. The molecule has 1 unspecified atom stereocenters. The summed E-state index contributed by atoms with van der Waals surface area (Å²) in [6.07, 6.45) is 3.55. The Balaban J connectivity index is 0.844. The van der Waals surface area contributed by atoms with Crippen molar-refractivity contribution in [2.75, 3.05) is 39.3 Å². The molecule has 0 aliphatic carbocycles. The zero-order valence-electron chi connectivity index (χ0n) is 31.1. The summed E-state index contributed by atoms with van der Waals surface area (Å²) in [4.78, 5) is 46.8. The molecule has 3 aliphatic rings. The predicted molar refractivity (Wildman–Crippen MR) is 209 cm³/mol. The van der Waals surface area contributed by atoms with Crippen molar-refractivity contribution in [2.45, 2.75) is 50.5 Å². The van der Waals surface area contributed by atoms with E-state index in [0.29, 0.717) is 53.3 Å². The fourth-order valence-electron chi connectivity index (χ4n) is 7.41. The minimum absolute atomic E-state index is 0.0581. The van der Waals surface area contributed by atoms with Gasteiger partial charge in [0.05, 0.1) is 35.5 Å². The molecule has 13 heteroatoms. The van der Waals surface area contributed by atoms with Gasteiger partial charge in [0.1, 0.15) is 24.2 Å². The van der Waals surface area contributed by atoms with Crippen LogP contribution in [0.1, 0.15) is 70.6 Å². The van der Waals surface area contributed by atoms with Crippen molar-refractivity contribution < 1.29 is 34.0 Å². The fourth-order valence-corrected chi connectivity index (χ4v) is 7.41. The van der Waals surface area contributed by atoms with E-state index in [1.165, 1.54) is 18.3 Å². The van der Waals surface area contributed by atoms with Gasteiger partial charge in [0.25, 0.3) is 0 Å². The third-order valence-electron chi connectivity index (χ3n) is 10.5. The number of aromatic hydroxyl groups is 1. The van der Waals surface area contributed by atoms with Crippen LogP contribution in [0.2, 0.25) is 0 Å². The number of ether oxygens (including phenoxy) is 3. The normalized spacial score (nSPS) is 18.6. The summed E-state index contributed by atoms with van der Waals surface area (Å²) in [5.41, 5.74) is 3.29. The van der Waals surface area contributed by atoms with Crippen LogP contribution in [0.4, 0.5) is 4.79 Å². The number of nitrogens with one attached hydrogen (secondary N) is 3. The number of aromatic nitrogens is 2. The van der Waals surface area contributed by atoms with E-state index < -0.39 is 24.2 Å². The third-order valence-corrected chi connectivity index (χ3v) is 10.5. The highest BCUT2D eigenvalue weighted by molar-refractivity contribution is 5.89. The zero-order chi connectivity index (χ0) is 38.9. The number of unbranched alkanes of at least 4 members (excludes halogenated alkanes) is 1. The molecule has 13 nitrogen and oxygen atoms in total. The number of fused-ring (bicyclic) bond motifs is 4. The van der Waals surface area contributed by atoms with E-state index in [1.54, 1.807) is 24.3 Å². The Kier molecular flexibility index (Phi) is 12.6. The summed E-state index contributed by atoms with van der Waals surface area (Å²) in [5, 5.41) is 27.6. The summed E-state index contributed by atoms with van der Waals surface area (Å²) in [5.74, 6) is 0.495. The molecule has 1 amide bonds. The van der Waals surface area contributed by atoms with Gasteiger partial charge in [0.15, 0.2) is 0 Å². The fraction of sp³-hybridized carbons (Fsp3) is 0.349. The summed E-state index contributed by atoms with van der Waals surface area (Å²) in [6, 6.07) is 26.3. The third kappa shape index (κ3) is 9.72. The van der Waals surface area contributed by atoms with E-state index in [0.717, 1.165) is 43.6 Å². The number of rotatable bonds is 16. The average molecular weight is 762 g/mol. The number of hydrogen-bond donors (Lipinski definition) is 5. The summed E-state index contributed by atoms with van der Waals surface area (Å²) in [7, 11) is 0. The highest BCUT2D eigenvalue weighted by Crippen LogP contribution is 2.31. The van der Waals surface area contributed by atoms with Gasteiger partial charge in [-0.3, -0.25) is 14.7 Å². The zero-order valence-corrected chi connectivity index (χ0v) is 31.1. The Hall–Kier alpha value is -5.76. The van der Waals surface area contributed by atoms with Crippen molar-refractivity contribution in [2.24, 2.45) is 5.92 Å². The smallest absolute Gasteiger partial charge is 0.408 e. The molecular weight excluding hydrogens is 714 g/mol. The van der Waals surface area contributed by atoms with Crippen LogP contribution >= 0.6 is 0 Å². The van der Waals surface area contributed by atoms with E-state index in [2.05, 4.69) is 25.5 Å². The molecule has 3 atom stereocenters. The maximum absolute atomic E-state index is 13.2. The number of H-pyrrole nitrogens is 1. The van der Waals surface area contributed by atoms with Gasteiger partial charge in [0, 0.05) is 30.7 Å². The topological polar surface area (TPSA) is 175 Å². The molecule has 56 heavy (non-hydrogen) atoms. The number of hydrogen-bond acceptors (Lipinski definition) is 11. The van der Waals surface area contributed by atoms with Gasteiger partial charge < -0.3 is 40.0 Å². The number of benzene rings is 3. The SMILES string of the molecule is O=C(NC(c1ccccc1)c1cccc(OCc2ccc(C(=O)OCCCCNC[C@@H](O)c3ccc(O)c4[nH]c(=O)ccc34)cn2)c1)O[C@H]1CN2CCC1CC2. The predicted octanol–water partition coefficient (Wildman–Crippen LogP) is 5.38. The lowest BCUT2D eigenvalue weighted by Gasteiger charge is -2.43. The molecule has 292 valence electrons. The average Bonchev–Trinajstić information content (AvgIpc) is 3.23. The van der Waals surface area contributed by atoms with E-state index in [9.17, 15) is 24.6 Å². The largest absolute Gasteiger partial charge is 0.506 e. The maximum atomic E-state index is 13.2. The number of esters is 1. The number of pyridine rings is 2. The number of nitrogens with zero attached hydrogens (tertiary/aromatic N) is 2. The molecule has 2 bridgehead atoms. The number of carbonyl (C=O) groups excluding carboxylic acids is 2. The Morgan fingerprint density at radius 2 is 1.77 bits per heavy atom. The van der Waals surface area contributed by atoms with E-state index in [1.807, 2.05) is 54.6 Å². The first-order valence-electron chi connectivity index (χ1n) is 19.1. The number of phenolic OH excluding ortho intramolecular Hbond substituents is 1. The first-order valence-corrected chi connectivity index (χ1v) is 19.1. The standard InChI is InChI=1S/C43H47N5O8/c49-36-15-13-34(35-14-16-39(51)46-41(35)36)37(50)25-44-19-4-5-22-54-42(52)31-11-12-32(45-24-31)27-55-33-10-6-9-30(23-33)40(29-7-2-1-3-8-29)47-43(53)56-38-26-48-20-17-28(38)18-21-48/h1-3,6-16,23-24,28,37-38,40,44,49-50H,4-5,17-22,25-27H2,(H,46,51)(H,47,53)/t37-,38+,40?/m1/s1. The Morgan fingerprint density at radius 3 is 2.54 bits per heavy atom. The second kappa shape index (κ2) is 18.2. The molecule has 3 saturated heterocycles. The summed E-state index contributed by atoms with van der Waals surface area (Å²) >= 11 is 0. The van der Waals surface area contributed by atoms with Gasteiger partial charge in [-0.05, 0) is 104 Å². The highest BCUT2D eigenvalue weighted by Gasteiger charge is 2.37. The van der Waals surface area contributed by atoms with E-state index in [-0.39, 0.29) is 42.7 Å². The number of aliphatic hydroxyl groups is 1. The molecule has 0 saturated carbocycles. The Labute approximate surface area is 324 Å². The second-order valence-electron chi connectivity index (χ2n) is 14.3. The van der Waals surface area contributed by atoms with Crippen molar-refractivity contribution in [1.82, 2.24) is 25.5 Å².